The Kier molecular flexibility index (Phi) is 5.09. The molecular formula is C12H13F3N2O3. The van der Waals surface area contributed by atoms with Gasteiger partial charge < -0.3 is 15.7 Å². The van der Waals surface area contributed by atoms with Crippen molar-refractivity contribution in [2.24, 2.45) is 0 Å². The van der Waals surface area contributed by atoms with Gasteiger partial charge >= 0.3 is 6.18 Å². The molecule has 0 aromatic heterocycles. The van der Waals surface area contributed by atoms with E-state index in [1.807, 2.05) is 5.32 Å². The highest BCUT2D eigenvalue weighted by molar-refractivity contribution is 5.95. The Labute approximate surface area is 112 Å². The van der Waals surface area contributed by atoms with Crippen LogP contribution in [0.15, 0.2) is 24.3 Å². The number of anilines is 1. The van der Waals surface area contributed by atoms with E-state index in [0.29, 0.717) is 5.69 Å². The zero-order valence-corrected chi connectivity index (χ0v) is 10.5. The Morgan fingerprint density at radius 1 is 1.25 bits per heavy atom. The molecule has 0 heterocycles. The third kappa shape index (κ3) is 4.88. The molecule has 1 aromatic carbocycles. The van der Waals surface area contributed by atoms with E-state index < -0.39 is 24.7 Å². The Morgan fingerprint density at radius 3 is 2.25 bits per heavy atom. The molecule has 1 atom stereocenters. The number of amides is 2. The monoisotopic (exact) mass is 290 g/mol. The molecule has 1 aromatic rings. The number of carbonyl (C=O) groups is 2. The predicted molar refractivity (Wildman–Crippen MR) is 65.1 cm³/mol. The summed E-state index contributed by atoms with van der Waals surface area (Å²) in [6, 6.07) is 5.58. The standard InChI is InChI=1S/C12H13F3N2O3/c1-7(18)17-9-4-2-8(3-5-9)11(20)16-6-10(19)12(13,14)15/h2-5,10,19H,6H2,1H3,(H,16,20)(H,17,18). The first-order chi connectivity index (χ1) is 9.20. The lowest BCUT2D eigenvalue weighted by Gasteiger charge is -2.15. The number of carbonyl (C=O) groups excluding carboxylic acids is 2. The first-order valence-electron chi connectivity index (χ1n) is 5.61. The number of rotatable bonds is 4. The fraction of sp³-hybridized carbons (Fsp3) is 0.333. The molecular weight excluding hydrogens is 277 g/mol. The third-order valence-corrected chi connectivity index (χ3v) is 2.30. The van der Waals surface area contributed by atoms with E-state index in [4.69, 9.17) is 5.11 Å². The topological polar surface area (TPSA) is 78.4 Å². The van der Waals surface area contributed by atoms with Crippen LogP contribution in [-0.4, -0.2) is 35.7 Å². The molecule has 0 aliphatic rings. The summed E-state index contributed by atoms with van der Waals surface area (Å²) in [5.74, 6) is -1.03. The molecule has 20 heavy (non-hydrogen) atoms. The number of hydrogen-bond donors (Lipinski definition) is 3. The van der Waals surface area contributed by atoms with Gasteiger partial charge in [0.05, 0.1) is 6.54 Å². The Bertz CT molecular complexity index is 486. The molecule has 2 amide bonds. The number of aliphatic hydroxyl groups excluding tert-OH is 1. The normalized spacial score (nSPS) is 12.7. The number of benzene rings is 1. The third-order valence-electron chi connectivity index (χ3n) is 2.30. The quantitative estimate of drug-likeness (QED) is 0.782. The van der Waals surface area contributed by atoms with E-state index >= 15 is 0 Å². The molecule has 0 spiro atoms. The molecule has 8 heteroatoms. The fourth-order valence-electron chi connectivity index (χ4n) is 1.32. The molecule has 0 aliphatic carbocycles. The van der Waals surface area contributed by atoms with Gasteiger partial charge in [-0.2, -0.15) is 13.2 Å². The van der Waals surface area contributed by atoms with Gasteiger partial charge in [0.2, 0.25) is 5.91 Å². The lowest BCUT2D eigenvalue weighted by atomic mass is 10.2. The molecule has 0 radical (unpaired) electrons. The van der Waals surface area contributed by atoms with E-state index in [2.05, 4.69) is 5.32 Å². The Hall–Kier alpha value is -2.09. The van der Waals surface area contributed by atoms with Crippen molar-refractivity contribution < 1.29 is 27.9 Å². The predicted octanol–water partition coefficient (Wildman–Crippen LogP) is 1.30. The number of halogens is 3. The summed E-state index contributed by atoms with van der Waals surface area (Å²) in [5, 5.41) is 13.2. The highest BCUT2D eigenvalue weighted by Gasteiger charge is 2.38. The van der Waals surface area contributed by atoms with Crippen molar-refractivity contribution in [1.82, 2.24) is 5.32 Å². The van der Waals surface area contributed by atoms with Crippen molar-refractivity contribution in [3.05, 3.63) is 29.8 Å². The van der Waals surface area contributed by atoms with Crippen LogP contribution >= 0.6 is 0 Å². The maximum atomic E-state index is 12.0. The molecule has 0 saturated heterocycles. The summed E-state index contributed by atoms with van der Waals surface area (Å²) in [6.45, 7) is 0.398. The van der Waals surface area contributed by atoms with Gasteiger partial charge in [-0.15, -0.1) is 0 Å². The van der Waals surface area contributed by atoms with Crippen molar-refractivity contribution in [1.29, 1.82) is 0 Å². The van der Waals surface area contributed by atoms with Crippen LogP contribution in [0.2, 0.25) is 0 Å². The summed E-state index contributed by atoms with van der Waals surface area (Å²) >= 11 is 0. The zero-order chi connectivity index (χ0) is 15.3. The molecule has 110 valence electrons. The van der Waals surface area contributed by atoms with Gasteiger partial charge in [-0.1, -0.05) is 0 Å². The molecule has 5 nitrogen and oxygen atoms in total. The molecule has 3 N–H and O–H groups in total. The van der Waals surface area contributed by atoms with Crippen molar-refractivity contribution in [2.75, 3.05) is 11.9 Å². The molecule has 1 rings (SSSR count). The van der Waals surface area contributed by atoms with Gasteiger partial charge in [0, 0.05) is 18.2 Å². The van der Waals surface area contributed by atoms with E-state index in [1.54, 1.807) is 0 Å². The second-order valence-corrected chi connectivity index (χ2v) is 4.03. The maximum absolute atomic E-state index is 12.0. The second kappa shape index (κ2) is 6.38. The lowest BCUT2D eigenvalue weighted by molar-refractivity contribution is -0.201. The molecule has 1 unspecified atom stereocenters. The summed E-state index contributed by atoms with van der Waals surface area (Å²) in [4.78, 5) is 22.3. The van der Waals surface area contributed by atoms with Crippen LogP contribution in [0.3, 0.4) is 0 Å². The lowest BCUT2D eigenvalue weighted by Crippen LogP contribution is -2.40. The first kappa shape index (κ1) is 16.0. The smallest absolute Gasteiger partial charge is 0.382 e. The Balaban J connectivity index is 2.58. The highest BCUT2D eigenvalue weighted by Crippen LogP contribution is 2.19. The van der Waals surface area contributed by atoms with Crippen LogP contribution in [0.4, 0.5) is 18.9 Å². The maximum Gasteiger partial charge on any atom is 0.416 e. The summed E-state index contributed by atoms with van der Waals surface area (Å²) < 4.78 is 36.1. The Morgan fingerprint density at radius 2 is 1.80 bits per heavy atom. The van der Waals surface area contributed by atoms with E-state index in [9.17, 15) is 22.8 Å². The van der Waals surface area contributed by atoms with Crippen molar-refractivity contribution in [2.45, 2.75) is 19.2 Å². The number of hydrogen-bond acceptors (Lipinski definition) is 3. The average Bonchev–Trinajstić information content (AvgIpc) is 2.34. The van der Waals surface area contributed by atoms with Gasteiger partial charge in [-0.25, -0.2) is 0 Å². The highest BCUT2D eigenvalue weighted by atomic mass is 19.4. The molecule has 0 saturated carbocycles. The minimum Gasteiger partial charge on any atom is -0.382 e. The van der Waals surface area contributed by atoms with Crippen molar-refractivity contribution in [3.63, 3.8) is 0 Å². The van der Waals surface area contributed by atoms with Crippen LogP contribution in [0.5, 0.6) is 0 Å². The van der Waals surface area contributed by atoms with E-state index in [1.165, 1.54) is 31.2 Å². The minimum atomic E-state index is -4.78. The summed E-state index contributed by atoms with van der Waals surface area (Å²) in [7, 11) is 0. The molecule has 0 fully saturated rings. The SMILES string of the molecule is CC(=O)Nc1ccc(C(=O)NCC(O)C(F)(F)F)cc1. The second-order valence-electron chi connectivity index (χ2n) is 4.03. The molecule has 0 aliphatic heterocycles. The number of alkyl halides is 3. The first-order valence-corrected chi connectivity index (χ1v) is 5.61. The van der Waals surface area contributed by atoms with Gasteiger partial charge in [-0.05, 0) is 24.3 Å². The van der Waals surface area contributed by atoms with Gasteiger partial charge in [0.1, 0.15) is 0 Å². The van der Waals surface area contributed by atoms with Gasteiger partial charge in [-0.3, -0.25) is 9.59 Å². The van der Waals surface area contributed by atoms with Crippen LogP contribution < -0.4 is 10.6 Å². The zero-order valence-electron chi connectivity index (χ0n) is 10.5. The van der Waals surface area contributed by atoms with Crippen molar-refractivity contribution in [3.8, 4) is 0 Å². The number of aliphatic hydroxyl groups is 1. The number of nitrogens with one attached hydrogen (secondary N) is 2. The largest absolute Gasteiger partial charge is 0.416 e. The minimum absolute atomic E-state index is 0.119. The van der Waals surface area contributed by atoms with Gasteiger partial charge in [0.15, 0.2) is 6.10 Å². The van der Waals surface area contributed by atoms with Crippen LogP contribution in [-0.2, 0) is 4.79 Å². The van der Waals surface area contributed by atoms with Crippen LogP contribution in [0.1, 0.15) is 17.3 Å². The summed E-state index contributed by atoms with van der Waals surface area (Å²) in [6.07, 6.45) is -7.38. The molecule has 0 bridgehead atoms. The van der Waals surface area contributed by atoms with E-state index in [0.717, 1.165) is 0 Å². The van der Waals surface area contributed by atoms with Gasteiger partial charge in [0.25, 0.3) is 5.91 Å². The van der Waals surface area contributed by atoms with Crippen LogP contribution in [0.25, 0.3) is 0 Å². The van der Waals surface area contributed by atoms with Crippen LogP contribution in [0, 0.1) is 0 Å². The fourth-order valence-corrected chi connectivity index (χ4v) is 1.32. The van der Waals surface area contributed by atoms with Crippen molar-refractivity contribution >= 4 is 17.5 Å². The summed E-state index contributed by atoms with van der Waals surface area (Å²) in [5.41, 5.74) is 0.581. The van der Waals surface area contributed by atoms with E-state index in [-0.39, 0.29) is 11.5 Å². The average molecular weight is 290 g/mol.